The second kappa shape index (κ2) is 9.64. The number of unbranched alkanes of at least 4 members (excludes halogenated alkanes) is 2. The lowest BCUT2D eigenvalue weighted by Gasteiger charge is -2.53. The van der Waals surface area contributed by atoms with Crippen LogP contribution >= 0.6 is 0 Å². The van der Waals surface area contributed by atoms with Crippen LogP contribution in [0, 0.1) is 40.9 Å². The summed E-state index contributed by atoms with van der Waals surface area (Å²) in [6, 6.07) is 4.06. The van der Waals surface area contributed by atoms with E-state index in [1.54, 1.807) is 25.1 Å². The molecule has 1 aromatic carbocycles. The quantitative estimate of drug-likeness (QED) is 0.215. The monoisotopic (exact) mass is 507 g/mol. The van der Waals surface area contributed by atoms with Crippen LogP contribution in [0.5, 0.6) is 5.75 Å². The number of phenols is 1. The van der Waals surface area contributed by atoms with E-state index in [1.165, 1.54) is 6.07 Å². The molecule has 37 heavy (non-hydrogen) atoms. The fourth-order valence-electron chi connectivity index (χ4n) is 6.14. The molecule has 0 saturated heterocycles. The lowest BCUT2D eigenvalue weighted by Crippen LogP contribution is -2.73. The Bertz CT molecular complexity index is 1320. The molecule has 10 heteroatoms. The van der Waals surface area contributed by atoms with Crippen LogP contribution < -0.4 is 5.73 Å². The number of fused-ring (bicyclic) bond motifs is 3. The first kappa shape index (κ1) is 26.4. The highest BCUT2D eigenvalue weighted by Gasteiger charge is 2.67. The number of phenolic OH excluding ortho intramolecular Hbond substituents is 1. The molecule has 6 atom stereocenters. The van der Waals surface area contributed by atoms with Crippen molar-refractivity contribution in [1.82, 2.24) is 4.90 Å². The van der Waals surface area contributed by atoms with Crippen molar-refractivity contribution in [3.05, 3.63) is 34.4 Å². The standard InChI is InChI=1S/C27H29N3O7/c1-30(2)21-16-12-14-11-15-13(7-5-3-4-6-10-28)8-9-17(31)19(15)22(32)18(14)24(34)27(16,37)25(35)20(23(21)33)26(29)36/h8-9,14,16,20-21,23,31-33,37H,3-4,6,11-12H2,1-2H3,(H2,29,36)/t14-,16-,20?,21-,23?,27-/m1/s1. The minimum atomic E-state index is -2.68. The number of ketones is 2. The van der Waals surface area contributed by atoms with Gasteiger partial charge in [-0.25, -0.2) is 0 Å². The molecular weight excluding hydrogens is 478 g/mol. The number of nitrogens with two attached hydrogens (primary N) is 1. The highest BCUT2D eigenvalue weighted by atomic mass is 16.3. The van der Waals surface area contributed by atoms with Crippen LogP contribution in [0.4, 0.5) is 0 Å². The molecule has 0 aliphatic heterocycles. The summed E-state index contributed by atoms with van der Waals surface area (Å²) in [6.07, 6.45) is 0.157. The Labute approximate surface area is 214 Å². The van der Waals surface area contributed by atoms with Crippen LogP contribution in [0.15, 0.2) is 17.7 Å². The van der Waals surface area contributed by atoms with Gasteiger partial charge in [0, 0.05) is 35.9 Å². The van der Waals surface area contributed by atoms with E-state index in [1.807, 2.05) is 0 Å². The maximum atomic E-state index is 13.8. The van der Waals surface area contributed by atoms with Gasteiger partial charge in [-0.1, -0.05) is 11.8 Å². The van der Waals surface area contributed by atoms with Crippen molar-refractivity contribution >= 4 is 23.2 Å². The normalized spacial score (nSPS) is 30.5. The summed E-state index contributed by atoms with van der Waals surface area (Å²) in [5, 5.41) is 53.0. The van der Waals surface area contributed by atoms with E-state index < -0.39 is 58.7 Å². The molecule has 1 amide bonds. The number of carbonyl (C=O) groups excluding carboxylic acids is 3. The van der Waals surface area contributed by atoms with E-state index in [2.05, 4.69) is 17.9 Å². The van der Waals surface area contributed by atoms with Crippen LogP contribution in [0.25, 0.3) is 5.76 Å². The molecule has 2 fully saturated rings. The van der Waals surface area contributed by atoms with E-state index in [-0.39, 0.29) is 29.7 Å². The maximum absolute atomic E-state index is 13.8. The Morgan fingerprint density at radius 3 is 2.57 bits per heavy atom. The predicted molar refractivity (Wildman–Crippen MR) is 130 cm³/mol. The summed E-state index contributed by atoms with van der Waals surface area (Å²) >= 11 is 0. The van der Waals surface area contributed by atoms with E-state index >= 15 is 0 Å². The topological polar surface area (TPSA) is 185 Å². The number of amides is 1. The van der Waals surface area contributed by atoms with Crippen molar-refractivity contribution in [3.63, 3.8) is 0 Å². The molecule has 194 valence electrons. The number of hydrogen-bond donors (Lipinski definition) is 5. The van der Waals surface area contributed by atoms with Crippen molar-refractivity contribution in [1.29, 1.82) is 5.26 Å². The molecule has 0 radical (unpaired) electrons. The number of Topliss-reactive ketones (excluding diaryl/α,β-unsaturated/α-hetero) is 2. The fraction of sp³-hybridized carbons (Fsp3) is 0.481. The van der Waals surface area contributed by atoms with Gasteiger partial charge in [-0.3, -0.25) is 14.4 Å². The number of nitrogens with zero attached hydrogens (tertiary/aromatic N) is 2. The van der Waals surface area contributed by atoms with Gasteiger partial charge >= 0.3 is 0 Å². The number of aliphatic hydroxyl groups is 3. The first-order chi connectivity index (χ1) is 17.5. The van der Waals surface area contributed by atoms with Crippen LogP contribution in [0.2, 0.25) is 0 Å². The van der Waals surface area contributed by atoms with Gasteiger partial charge in [-0.05, 0) is 57.0 Å². The molecule has 1 aromatic rings. The summed E-state index contributed by atoms with van der Waals surface area (Å²) in [5.41, 5.74) is 3.57. The van der Waals surface area contributed by atoms with Gasteiger partial charge in [0.05, 0.1) is 17.7 Å². The number of carbonyl (C=O) groups is 3. The van der Waals surface area contributed by atoms with Crippen molar-refractivity contribution < 1.29 is 34.8 Å². The molecule has 6 N–H and O–H groups in total. The zero-order valence-corrected chi connectivity index (χ0v) is 20.6. The first-order valence-electron chi connectivity index (χ1n) is 12.1. The zero-order valence-electron chi connectivity index (χ0n) is 20.6. The molecule has 0 heterocycles. The summed E-state index contributed by atoms with van der Waals surface area (Å²) in [4.78, 5) is 40.7. The van der Waals surface area contributed by atoms with E-state index in [0.29, 0.717) is 30.4 Å². The van der Waals surface area contributed by atoms with Crippen LogP contribution in [0.3, 0.4) is 0 Å². The average molecular weight is 508 g/mol. The number of nitriles is 1. The summed E-state index contributed by atoms with van der Waals surface area (Å²) in [5.74, 6) is -1.76. The number of benzene rings is 1. The molecule has 0 aromatic heterocycles. The van der Waals surface area contributed by atoms with Gasteiger partial charge in [-0.15, -0.1) is 0 Å². The fourth-order valence-corrected chi connectivity index (χ4v) is 6.14. The Balaban J connectivity index is 1.84. The third-order valence-corrected chi connectivity index (χ3v) is 7.79. The van der Waals surface area contributed by atoms with Crippen molar-refractivity contribution in [2.24, 2.45) is 23.5 Å². The minimum Gasteiger partial charge on any atom is -0.507 e. The second-order valence-corrected chi connectivity index (χ2v) is 10.1. The number of primary amides is 1. The molecule has 3 aliphatic carbocycles. The van der Waals surface area contributed by atoms with Gasteiger partial charge in [0.2, 0.25) is 11.7 Å². The largest absolute Gasteiger partial charge is 0.507 e. The van der Waals surface area contributed by atoms with E-state index in [0.717, 1.165) is 0 Å². The number of aromatic hydroxyl groups is 1. The average Bonchev–Trinajstić information content (AvgIpc) is 2.82. The number of likely N-dealkylation sites (N-methyl/N-ethyl adjacent to an activating group) is 1. The van der Waals surface area contributed by atoms with Gasteiger partial charge in [0.15, 0.2) is 11.4 Å². The maximum Gasteiger partial charge on any atom is 0.230 e. The highest BCUT2D eigenvalue weighted by molar-refractivity contribution is 6.25. The Morgan fingerprint density at radius 2 is 1.95 bits per heavy atom. The highest BCUT2D eigenvalue weighted by Crippen LogP contribution is 2.52. The van der Waals surface area contributed by atoms with Crippen LogP contribution in [-0.2, 0) is 20.8 Å². The Morgan fingerprint density at radius 1 is 1.24 bits per heavy atom. The molecule has 2 unspecified atom stereocenters. The third kappa shape index (κ3) is 3.98. The molecular formula is C27H29N3O7. The molecule has 0 spiro atoms. The van der Waals surface area contributed by atoms with Crippen molar-refractivity contribution in [2.75, 3.05) is 14.1 Å². The lowest BCUT2D eigenvalue weighted by molar-refractivity contribution is -0.184. The molecule has 0 bridgehead atoms. The van der Waals surface area contributed by atoms with Gasteiger partial charge in [0.1, 0.15) is 17.4 Å². The Kier molecular flexibility index (Phi) is 6.87. The zero-order chi connectivity index (χ0) is 27.2. The first-order valence-corrected chi connectivity index (χ1v) is 12.1. The predicted octanol–water partition coefficient (Wildman–Crippen LogP) is 0.174. The number of aliphatic hydroxyl groups excluding tert-OH is 2. The molecule has 3 aliphatic rings. The van der Waals surface area contributed by atoms with Gasteiger partial charge in [0.25, 0.3) is 0 Å². The number of rotatable bonds is 4. The molecule has 2 saturated carbocycles. The van der Waals surface area contributed by atoms with E-state index in [9.17, 15) is 34.8 Å². The Hall–Kier alpha value is -3.70. The summed E-state index contributed by atoms with van der Waals surface area (Å²) in [7, 11) is 3.20. The minimum absolute atomic E-state index is 0.00405. The van der Waals surface area contributed by atoms with Gasteiger partial charge in [-0.2, -0.15) is 5.26 Å². The molecule has 4 rings (SSSR count). The number of hydrogen-bond acceptors (Lipinski definition) is 9. The lowest BCUT2D eigenvalue weighted by atomic mass is 9.54. The van der Waals surface area contributed by atoms with E-state index in [4.69, 9.17) is 11.0 Å². The van der Waals surface area contributed by atoms with Crippen LogP contribution in [-0.4, -0.2) is 74.6 Å². The van der Waals surface area contributed by atoms with Gasteiger partial charge < -0.3 is 31.1 Å². The second-order valence-electron chi connectivity index (χ2n) is 10.1. The SMILES string of the molecule is CN(C)[C@H]1C(O)C(C(N)=O)C(=O)[C@]2(O)C(=O)C3=C(O)c4c(O)ccc(C#CCCCC#N)c4C[C@@H]3C[C@H]12. The summed E-state index contributed by atoms with van der Waals surface area (Å²) in [6.45, 7) is 0. The molecule has 10 nitrogen and oxygen atoms in total. The smallest absolute Gasteiger partial charge is 0.230 e. The van der Waals surface area contributed by atoms with Crippen LogP contribution in [0.1, 0.15) is 42.4 Å². The van der Waals surface area contributed by atoms with Crippen molar-refractivity contribution in [3.8, 4) is 23.7 Å². The summed E-state index contributed by atoms with van der Waals surface area (Å²) < 4.78 is 0. The van der Waals surface area contributed by atoms with Crippen molar-refractivity contribution in [2.45, 2.75) is 49.9 Å². The third-order valence-electron chi connectivity index (χ3n) is 7.79.